The van der Waals surface area contributed by atoms with Crippen molar-refractivity contribution in [3.05, 3.63) is 140 Å². The highest BCUT2D eigenvalue weighted by atomic mass is 35.5. The van der Waals surface area contributed by atoms with Crippen LogP contribution < -0.4 is 14.9 Å². The fourth-order valence-corrected chi connectivity index (χ4v) is 5.19. The fraction of sp³-hybridized carbons (Fsp3) is 0.125. The van der Waals surface area contributed by atoms with E-state index in [1.807, 2.05) is 60.7 Å². The molecule has 6 rings (SSSR count). The third-order valence-corrected chi connectivity index (χ3v) is 7.28. The third kappa shape index (κ3) is 4.53. The average molecular weight is 538 g/mol. The second-order valence-electron chi connectivity index (χ2n) is 9.28. The Balaban J connectivity index is 1.45. The summed E-state index contributed by atoms with van der Waals surface area (Å²) in [6.07, 6.45) is 0. The van der Waals surface area contributed by atoms with Gasteiger partial charge in [-0.15, -0.1) is 0 Å². The Morgan fingerprint density at radius 1 is 0.872 bits per heavy atom. The van der Waals surface area contributed by atoms with E-state index in [9.17, 15) is 9.59 Å². The van der Waals surface area contributed by atoms with Crippen LogP contribution in [0, 0.1) is 0 Å². The summed E-state index contributed by atoms with van der Waals surface area (Å²) in [7, 11) is 1.56. The molecule has 39 heavy (non-hydrogen) atoms. The number of hydrogen-bond acceptors (Lipinski definition) is 5. The van der Waals surface area contributed by atoms with Crippen LogP contribution in [0.4, 0.5) is 0 Å². The number of halogens is 1. The number of benzene rings is 4. The van der Waals surface area contributed by atoms with Gasteiger partial charge < -0.3 is 18.8 Å². The number of para-hydroxylation sites is 1. The van der Waals surface area contributed by atoms with Crippen LogP contribution in [0.3, 0.4) is 0 Å². The summed E-state index contributed by atoms with van der Waals surface area (Å²) in [5, 5.41) is 0.954. The Kier molecular flexibility index (Phi) is 6.55. The first-order valence-electron chi connectivity index (χ1n) is 12.5. The number of carbonyl (C=O) groups is 1. The Labute approximate surface area is 230 Å². The van der Waals surface area contributed by atoms with E-state index < -0.39 is 6.04 Å². The Morgan fingerprint density at radius 3 is 2.41 bits per heavy atom. The molecule has 6 nitrogen and oxygen atoms in total. The number of fused-ring (bicyclic) bond motifs is 2. The molecule has 1 aliphatic heterocycles. The van der Waals surface area contributed by atoms with Gasteiger partial charge in [-0.05, 0) is 47.0 Å². The smallest absolute Gasteiger partial charge is 0.291 e. The molecular weight excluding hydrogens is 514 g/mol. The van der Waals surface area contributed by atoms with E-state index in [-0.39, 0.29) is 23.6 Å². The largest absolute Gasteiger partial charge is 0.493 e. The molecular formula is C32H24ClNO5. The minimum absolute atomic E-state index is 0.0409. The van der Waals surface area contributed by atoms with E-state index in [0.717, 1.165) is 11.1 Å². The van der Waals surface area contributed by atoms with Crippen LogP contribution in [0.5, 0.6) is 11.5 Å². The molecule has 0 radical (unpaired) electrons. The van der Waals surface area contributed by atoms with Gasteiger partial charge in [0.1, 0.15) is 12.2 Å². The fourth-order valence-electron chi connectivity index (χ4n) is 5.00. The second-order valence-corrected chi connectivity index (χ2v) is 9.69. The number of amides is 1. The predicted molar refractivity (Wildman–Crippen MR) is 149 cm³/mol. The minimum atomic E-state index is -0.707. The number of hydrogen-bond donors (Lipinski definition) is 0. The first-order valence-corrected chi connectivity index (χ1v) is 12.9. The van der Waals surface area contributed by atoms with Crippen LogP contribution in [0.2, 0.25) is 5.02 Å². The number of nitrogens with zero attached hydrogens (tertiary/aromatic N) is 1. The van der Waals surface area contributed by atoms with Gasteiger partial charge in [0, 0.05) is 11.6 Å². The second kappa shape index (κ2) is 10.3. The number of carbonyl (C=O) groups excluding carboxylic acids is 1. The van der Waals surface area contributed by atoms with Gasteiger partial charge in [-0.3, -0.25) is 9.59 Å². The molecule has 0 saturated heterocycles. The SMILES string of the molecule is COc1cc(C2c3c(oc4ccccc4c3=O)C(=O)N2Cc2ccccc2Cl)ccc1OCc1ccccc1. The van der Waals surface area contributed by atoms with Crippen LogP contribution in [0.1, 0.15) is 38.9 Å². The summed E-state index contributed by atoms with van der Waals surface area (Å²) in [6.45, 7) is 0.563. The summed E-state index contributed by atoms with van der Waals surface area (Å²) < 4.78 is 17.7. The van der Waals surface area contributed by atoms with E-state index in [1.54, 1.807) is 48.4 Å². The van der Waals surface area contributed by atoms with Crippen LogP contribution in [-0.2, 0) is 13.2 Å². The van der Waals surface area contributed by atoms with E-state index in [0.29, 0.717) is 45.2 Å². The first kappa shape index (κ1) is 24.8. The highest BCUT2D eigenvalue weighted by molar-refractivity contribution is 6.31. The molecule has 4 aromatic carbocycles. The van der Waals surface area contributed by atoms with Gasteiger partial charge in [0.2, 0.25) is 5.76 Å². The zero-order chi connectivity index (χ0) is 26.9. The van der Waals surface area contributed by atoms with Crippen LogP contribution >= 0.6 is 11.6 Å². The molecule has 7 heteroatoms. The topological polar surface area (TPSA) is 69.0 Å². The van der Waals surface area contributed by atoms with Crippen molar-refractivity contribution >= 4 is 28.5 Å². The van der Waals surface area contributed by atoms with Gasteiger partial charge in [-0.1, -0.05) is 78.3 Å². The van der Waals surface area contributed by atoms with Gasteiger partial charge in [0.25, 0.3) is 5.91 Å². The van der Waals surface area contributed by atoms with Crippen LogP contribution in [0.15, 0.2) is 106 Å². The molecule has 1 aromatic heterocycles. The van der Waals surface area contributed by atoms with Crippen molar-refractivity contribution in [1.29, 1.82) is 0 Å². The van der Waals surface area contributed by atoms with Gasteiger partial charge in [0.05, 0.1) is 24.1 Å². The third-order valence-electron chi connectivity index (χ3n) is 6.91. The highest BCUT2D eigenvalue weighted by Gasteiger charge is 2.43. The normalized spacial score (nSPS) is 14.5. The van der Waals surface area contributed by atoms with E-state index in [4.69, 9.17) is 25.5 Å². The molecule has 5 aromatic rings. The molecule has 1 aliphatic rings. The average Bonchev–Trinajstić information content (AvgIpc) is 3.25. The first-order chi connectivity index (χ1) is 19.0. The molecule has 0 spiro atoms. The van der Waals surface area contributed by atoms with E-state index in [2.05, 4.69) is 0 Å². The molecule has 1 unspecified atom stereocenters. The maximum Gasteiger partial charge on any atom is 0.291 e. The molecule has 1 amide bonds. The van der Waals surface area contributed by atoms with Crippen molar-refractivity contribution in [3.63, 3.8) is 0 Å². The summed E-state index contributed by atoms with van der Waals surface area (Å²) in [4.78, 5) is 29.2. The quantitative estimate of drug-likeness (QED) is 0.229. The maximum absolute atomic E-state index is 13.8. The molecule has 0 N–H and O–H groups in total. The molecule has 1 atom stereocenters. The Bertz CT molecular complexity index is 1750. The lowest BCUT2D eigenvalue weighted by atomic mass is 9.97. The molecule has 0 bridgehead atoms. The molecule has 0 fully saturated rings. The molecule has 0 saturated carbocycles. The molecule has 2 heterocycles. The standard InChI is InChI=1S/C32H24ClNO5/c1-37-27-17-21(15-16-26(27)38-19-20-9-3-2-4-10-20)29-28-30(35)23-12-6-8-14-25(23)39-31(28)32(36)34(29)18-22-11-5-7-13-24(22)33/h2-17,29H,18-19H2,1H3. The van der Waals surface area contributed by atoms with E-state index in [1.165, 1.54) is 0 Å². The monoisotopic (exact) mass is 537 g/mol. The summed E-state index contributed by atoms with van der Waals surface area (Å²) in [5.74, 6) is 0.713. The molecule has 0 aliphatic carbocycles. The Hall–Kier alpha value is -4.55. The van der Waals surface area contributed by atoms with Crippen molar-refractivity contribution in [1.82, 2.24) is 4.90 Å². The summed E-state index contributed by atoms with van der Waals surface area (Å²) in [6, 6.07) is 28.9. The van der Waals surface area contributed by atoms with Crippen LogP contribution in [0.25, 0.3) is 11.0 Å². The van der Waals surface area contributed by atoms with Crippen LogP contribution in [-0.4, -0.2) is 17.9 Å². The van der Waals surface area contributed by atoms with Gasteiger partial charge in [-0.25, -0.2) is 0 Å². The maximum atomic E-state index is 13.8. The summed E-state index contributed by atoms with van der Waals surface area (Å²) >= 11 is 6.47. The molecule has 194 valence electrons. The predicted octanol–water partition coefficient (Wildman–Crippen LogP) is 6.78. The minimum Gasteiger partial charge on any atom is -0.493 e. The summed E-state index contributed by atoms with van der Waals surface area (Å²) in [5.41, 5.74) is 2.91. The van der Waals surface area contributed by atoms with Crippen molar-refractivity contribution < 1.29 is 18.7 Å². The lowest BCUT2D eigenvalue weighted by Crippen LogP contribution is -2.29. The zero-order valence-corrected chi connectivity index (χ0v) is 21.9. The lowest BCUT2D eigenvalue weighted by molar-refractivity contribution is 0.0714. The number of ether oxygens (including phenoxy) is 2. The van der Waals surface area contributed by atoms with Gasteiger partial charge >= 0.3 is 0 Å². The van der Waals surface area contributed by atoms with Crippen molar-refractivity contribution in [2.75, 3.05) is 7.11 Å². The van der Waals surface area contributed by atoms with Gasteiger partial charge in [0.15, 0.2) is 16.9 Å². The lowest BCUT2D eigenvalue weighted by Gasteiger charge is -2.26. The van der Waals surface area contributed by atoms with Crippen molar-refractivity contribution in [2.45, 2.75) is 19.2 Å². The zero-order valence-electron chi connectivity index (χ0n) is 21.1. The highest BCUT2D eigenvalue weighted by Crippen LogP contribution is 2.42. The van der Waals surface area contributed by atoms with E-state index >= 15 is 0 Å². The van der Waals surface area contributed by atoms with Crippen molar-refractivity contribution in [3.8, 4) is 11.5 Å². The number of methoxy groups -OCH3 is 1. The van der Waals surface area contributed by atoms with Crippen molar-refractivity contribution in [2.24, 2.45) is 0 Å². The van der Waals surface area contributed by atoms with Gasteiger partial charge in [-0.2, -0.15) is 0 Å². The Morgan fingerprint density at radius 2 is 1.62 bits per heavy atom. The number of rotatable bonds is 7.